The van der Waals surface area contributed by atoms with Gasteiger partial charge in [-0.05, 0) is 19.4 Å². The molecule has 0 bridgehead atoms. The molecule has 0 aromatic carbocycles. The summed E-state index contributed by atoms with van der Waals surface area (Å²) in [6, 6.07) is 2.10. The molecule has 2 rings (SSSR count). The van der Waals surface area contributed by atoms with Crippen molar-refractivity contribution in [3.05, 3.63) is 33.4 Å². The molecule has 0 aliphatic heterocycles. The van der Waals surface area contributed by atoms with Crippen LogP contribution in [0.3, 0.4) is 0 Å². The van der Waals surface area contributed by atoms with Crippen molar-refractivity contribution in [3.8, 4) is 6.07 Å². The second-order valence-corrected chi connectivity index (χ2v) is 6.58. The van der Waals surface area contributed by atoms with Gasteiger partial charge >= 0.3 is 0 Å². The van der Waals surface area contributed by atoms with E-state index in [1.54, 1.807) is 22.0 Å². The molecule has 0 unspecified atom stereocenters. The third-order valence-corrected chi connectivity index (χ3v) is 5.09. The Hall–Kier alpha value is -1.58. The molecule has 20 heavy (non-hydrogen) atoms. The van der Waals surface area contributed by atoms with E-state index in [9.17, 15) is 4.79 Å². The van der Waals surface area contributed by atoms with Crippen LogP contribution in [0.1, 0.15) is 16.9 Å². The first kappa shape index (κ1) is 14.8. The van der Waals surface area contributed by atoms with Crippen LogP contribution in [-0.4, -0.2) is 15.3 Å². The molecule has 2 aromatic rings. The second-order valence-electron chi connectivity index (χ2n) is 4.32. The minimum atomic E-state index is -0.0174. The summed E-state index contributed by atoms with van der Waals surface area (Å²) in [4.78, 5) is 19.1. The number of nitrogens with zero attached hydrogens (tertiary/aromatic N) is 3. The van der Waals surface area contributed by atoms with E-state index in [1.165, 1.54) is 11.8 Å². The zero-order chi connectivity index (χ0) is 14.7. The summed E-state index contributed by atoms with van der Waals surface area (Å²) < 4.78 is 1.64. The largest absolute Gasteiger partial charge is 0.283 e. The van der Waals surface area contributed by atoms with Crippen LogP contribution < -0.4 is 5.56 Å². The first-order valence-electron chi connectivity index (χ1n) is 6.21. The number of fused-ring (bicyclic) bond motifs is 1. The van der Waals surface area contributed by atoms with Crippen LogP contribution in [0, 0.1) is 25.2 Å². The average molecular weight is 305 g/mol. The van der Waals surface area contributed by atoms with E-state index in [0.29, 0.717) is 29.3 Å². The highest BCUT2D eigenvalue weighted by molar-refractivity contribution is 7.99. The second kappa shape index (κ2) is 6.25. The molecule has 0 saturated carbocycles. The molecular formula is C14H15N3OS2. The van der Waals surface area contributed by atoms with Gasteiger partial charge in [0.25, 0.3) is 5.56 Å². The highest BCUT2D eigenvalue weighted by Crippen LogP contribution is 2.28. The van der Waals surface area contributed by atoms with Gasteiger partial charge in [0, 0.05) is 23.6 Å². The Kier molecular flexibility index (Phi) is 4.63. The van der Waals surface area contributed by atoms with E-state index in [1.807, 2.05) is 13.8 Å². The van der Waals surface area contributed by atoms with Gasteiger partial charge in [-0.15, -0.1) is 17.9 Å². The number of thiophene rings is 1. The summed E-state index contributed by atoms with van der Waals surface area (Å²) in [6.45, 7) is 8.09. The van der Waals surface area contributed by atoms with Crippen LogP contribution in [0.25, 0.3) is 10.2 Å². The topological polar surface area (TPSA) is 58.7 Å². The van der Waals surface area contributed by atoms with Crippen molar-refractivity contribution in [2.24, 2.45) is 0 Å². The molecule has 0 spiro atoms. The minimum Gasteiger partial charge on any atom is -0.283 e. The van der Waals surface area contributed by atoms with Gasteiger partial charge in [0.2, 0.25) is 0 Å². The van der Waals surface area contributed by atoms with Crippen molar-refractivity contribution in [3.63, 3.8) is 0 Å². The lowest BCUT2D eigenvalue weighted by atomic mass is 10.2. The lowest BCUT2D eigenvalue weighted by molar-refractivity contribution is 0.672. The third kappa shape index (κ3) is 2.65. The predicted octanol–water partition coefficient (Wildman–Crippen LogP) is 3.27. The quantitative estimate of drug-likeness (QED) is 0.368. The molecule has 0 N–H and O–H groups in total. The highest BCUT2D eigenvalue weighted by Gasteiger charge is 2.15. The molecule has 0 atom stereocenters. The SMILES string of the molecule is C=CCn1c(SCCC#N)nc2sc(C)c(C)c2c1=O. The summed E-state index contributed by atoms with van der Waals surface area (Å²) in [5, 5.41) is 9.99. The Labute approximate surface area is 125 Å². The van der Waals surface area contributed by atoms with E-state index >= 15 is 0 Å². The maximum Gasteiger partial charge on any atom is 0.263 e. The first-order chi connectivity index (χ1) is 9.60. The molecule has 0 saturated heterocycles. The van der Waals surface area contributed by atoms with Gasteiger partial charge in [0.15, 0.2) is 5.16 Å². The van der Waals surface area contributed by atoms with Crippen LogP contribution in [-0.2, 0) is 6.54 Å². The molecular weight excluding hydrogens is 290 g/mol. The number of aromatic nitrogens is 2. The van der Waals surface area contributed by atoms with E-state index in [2.05, 4.69) is 17.6 Å². The molecule has 6 heteroatoms. The summed E-state index contributed by atoms with van der Waals surface area (Å²) in [6.07, 6.45) is 2.13. The van der Waals surface area contributed by atoms with Gasteiger partial charge in [-0.3, -0.25) is 9.36 Å². The zero-order valence-corrected chi connectivity index (χ0v) is 13.1. The van der Waals surface area contributed by atoms with Crippen LogP contribution in [0.2, 0.25) is 0 Å². The van der Waals surface area contributed by atoms with E-state index in [4.69, 9.17) is 5.26 Å². The van der Waals surface area contributed by atoms with Gasteiger partial charge in [0.1, 0.15) is 4.83 Å². The Balaban J connectivity index is 2.61. The van der Waals surface area contributed by atoms with Gasteiger partial charge in [-0.25, -0.2) is 4.98 Å². The fourth-order valence-corrected chi connectivity index (χ4v) is 3.82. The molecule has 0 fully saturated rings. The molecule has 4 nitrogen and oxygen atoms in total. The number of thioether (sulfide) groups is 1. The summed E-state index contributed by atoms with van der Waals surface area (Å²) in [7, 11) is 0. The summed E-state index contributed by atoms with van der Waals surface area (Å²) in [5.74, 6) is 0.634. The Morgan fingerprint density at radius 2 is 2.30 bits per heavy atom. The molecule has 2 aromatic heterocycles. The average Bonchev–Trinajstić information content (AvgIpc) is 2.70. The Bertz CT molecular complexity index is 752. The Morgan fingerprint density at radius 1 is 1.55 bits per heavy atom. The lowest BCUT2D eigenvalue weighted by Crippen LogP contribution is -2.22. The zero-order valence-electron chi connectivity index (χ0n) is 11.5. The van der Waals surface area contributed by atoms with Gasteiger partial charge in [-0.2, -0.15) is 5.26 Å². The van der Waals surface area contributed by atoms with E-state index < -0.39 is 0 Å². The van der Waals surface area contributed by atoms with Gasteiger partial charge < -0.3 is 0 Å². The van der Waals surface area contributed by atoms with Crippen molar-refractivity contribution < 1.29 is 0 Å². The molecule has 0 aliphatic rings. The molecule has 0 aliphatic carbocycles. The normalized spacial score (nSPS) is 10.7. The monoisotopic (exact) mass is 305 g/mol. The van der Waals surface area contributed by atoms with E-state index in [0.717, 1.165) is 15.3 Å². The fraction of sp³-hybridized carbons (Fsp3) is 0.357. The molecule has 0 amide bonds. The minimum absolute atomic E-state index is 0.0174. The standard InChI is InChI=1S/C14H15N3OS2/c1-4-7-17-13(18)11-9(2)10(3)20-12(11)16-14(17)19-8-5-6-15/h4H,1,5,7-8H2,2-3H3. The van der Waals surface area contributed by atoms with Crippen LogP contribution in [0.15, 0.2) is 22.6 Å². The number of hydrogen-bond acceptors (Lipinski definition) is 5. The van der Waals surface area contributed by atoms with Crippen LogP contribution >= 0.6 is 23.1 Å². The number of hydrogen-bond donors (Lipinski definition) is 0. The van der Waals surface area contributed by atoms with Crippen molar-refractivity contribution >= 4 is 33.3 Å². The third-order valence-electron chi connectivity index (χ3n) is 3.01. The number of nitriles is 1. The number of aryl methyl sites for hydroxylation is 2. The molecule has 0 radical (unpaired) electrons. The van der Waals surface area contributed by atoms with E-state index in [-0.39, 0.29) is 5.56 Å². The highest BCUT2D eigenvalue weighted by atomic mass is 32.2. The smallest absolute Gasteiger partial charge is 0.263 e. The maximum absolute atomic E-state index is 12.6. The van der Waals surface area contributed by atoms with Crippen molar-refractivity contribution in [1.82, 2.24) is 9.55 Å². The Morgan fingerprint density at radius 3 is 2.95 bits per heavy atom. The predicted molar refractivity (Wildman–Crippen MR) is 84.5 cm³/mol. The van der Waals surface area contributed by atoms with Crippen LogP contribution in [0.4, 0.5) is 0 Å². The first-order valence-corrected chi connectivity index (χ1v) is 8.01. The molecule has 104 valence electrons. The fourth-order valence-electron chi connectivity index (χ4n) is 1.90. The van der Waals surface area contributed by atoms with Crippen LogP contribution in [0.5, 0.6) is 0 Å². The van der Waals surface area contributed by atoms with Crippen molar-refractivity contribution in [2.45, 2.75) is 32.0 Å². The maximum atomic E-state index is 12.6. The lowest BCUT2D eigenvalue weighted by Gasteiger charge is -2.09. The summed E-state index contributed by atoms with van der Waals surface area (Å²) >= 11 is 2.99. The van der Waals surface area contributed by atoms with Gasteiger partial charge in [0.05, 0.1) is 11.5 Å². The van der Waals surface area contributed by atoms with Crippen molar-refractivity contribution in [1.29, 1.82) is 5.26 Å². The number of allylic oxidation sites excluding steroid dienone is 1. The van der Waals surface area contributed by atoms with Gasteiger partial charge in [-0.1, -0.05) is 17.8 Å². The van der Waals surface area contributed by atoms with Crippen molar-refractivity contribution in [2.75, 3.05) is 5.75 Å². The summed E-state index contributed by atoms with van der Waals surface area (Å²) in [5.41, 5.74) is 0.991. The molecule has 2 heterocycles. The number of rotatable bonds is 5.